The quantitative estimate of drug-likeness (QED) is 0.236. The minimum atomic E-state index is -1.20. The third-order valence-corrected chi connectivity index (χ3v) is 8.06. The molecule has 0 radical (unpaired) electrons. The van der Waals surface area contributed by atoms with Crippen molar-refractivity contribution in [3.05, 3.63) is 11.3 Å². The molecule has 1 saturated carbocycles. The van der Waals surface area contributed by atoms with Crippen LogP contribution in [0.25, 0.3) is 0 Å². The Morgan fingerprint density at radius 2 is 2.19 bits per heavy atom. The number of nitriles is 1. The summed E-state index contributed by atoms with van der Waals surface area (Å²) in [6.07, 6.45) is 0.534. The number of nitrogens with one attached hydrogen (secondary N) is 1. The molecule has 15 heteroatoms. The Bertz CT molecular complexity index is 1070. The maximum Gasteiger partial charge on any atom is 0.352 e. The number of thioether (sulfide) groups is 2. The van der Waals surface area contributed by atoms with Crippen molar-refractivity contribution in [2.75, 3.05) is 11.5 Å². The maximum atomic E-state index is 12.8. The van der Waals surface area contributed by atoms with Gasteiger partial charge in [-0.05, 0) is 22.4 Å². The molecule has 168 valence electrons. The monoisotopic (exact) mass is 495 g/mol. The van der Waals surface area contributed by atoms with E-state index < -0.39 is 18.0 Å². The molecule has 1 aliphatic carbocycles. The fourth-order valence-electron chi connectivity index (χ4n) is 3.48. The lowest BCUT2D eigenvalue weighted by Gasteiger charge is -2.49. The molecule has 32 heavy (non-hydrogen) atoms. The van der Waals surface area contributed by atoms with Crippen molar-refractivity contribution in [3.63, 3.8) is 0 Å². The summed E-state index contributed by atoms with van der Waals surface area (Å²) in [6.45, 7) is 0.0951. The number of carboxylic acid groups (broad SMARTS) is 2. The third kappa shape index (κ3) is 4.30. The first-order valence-electron chi connectivity index (χ1n) is 9.52. The highest BCUT2D eigenvalue weighted by Gasteiger charge is 2.55. The van der Waals surface area contributed by atoms with Gasteiger partial charge in [0.05, 0.1) is 29.9 Å². The molecule has 3 N–H and O–H groups in total. The SMILES string of the molecule is N#C[C@@H]1C[C@@H]1C(=S)NC1C(=O)N2C(C(=O)O)=C(CSc3nnnn3CCC(=O)O)CS[C@@H]12. The topological polar surface area (TPSA) is 174 Å². The molecule has 2 fully saturated rings. The van der Waals surface area contributed by atoms with Crippen molar-refractivity contribution in [3.8, 4) is 6.07 Å². The van der Waals surface area contributed by atoms with Crippen LogP contribution in [0.1, 0.15) is 12.8 Å². The number of carbonyl (C=O) groups excluding carboxylic acids is 1. The number of β-lactam (4-membered cyclic amide) rings is 1. The molecule has 3 heterocycles. The molecular formula is C17H17N7O5S3. The lowest BCUT2D eigenvalue weighted by atomic mass is 10.0. The number of hydrogen-bond acceptors (Lipinski definition) is 10. The molecule has 1 aromatic heterocycles. The second-order valence-electron chi connectivity index (χ2n) is 7.35. The Hall–Kier alpha value is -2.70. The summed E-state index contributed by atoms with van der Waals surface area (Å²) >= 11 is 7.94. The van der Waals surface area contributed by atoms with Gasteiger partial charge in [-0.2, -0.15) is 5.26 Å². The second kappa shape index (κ2) is 9.04. The molecule has 1 unspecified atom stereocenters. The van der Waals surface area contributed by atoms with Crippen molar-refractivity contribution in [2.24, 2.45) is 11.8 Å². The Labute approximate surface area is 195 Å². The van der Waals surface area contributed by atoms with Crippen LogP contribution in [0, 0.1) is 23.2 Å². The van der Waals surface area contributed by atoms with E-state index in [4.69, 9.17) is 22.6 Å². The minimum absolute atomic E-state index is 0.0426. The number of aromatic nitrogens is 4. The highest BCUT2D eigenvalue weighted by Crippen LogP contribution is 2.43. The molecule has 4 rings (SSSR count). The average molecular weight is 496 g/mol. The van der Waals surface area contributed by atoms with Gasteiger partial charge in [-0.1, -0.05) is 24.0 Å². The lowest BCUT2D eigenvalue weighted by molar-refractivity contribution is -0.148. The first kappa shape index (κ1) is 22.5. The van der Waals surface area contributed by atoms with Crippen LogP contribution >= 0.6 is 35.7 Å². The van der Waals surface area contributed by atoms with E-state index >= 15 is 0 Å². The number of aliphatic carboxylic acids is 2. The number of tetrazole rings is 1. The molecule has 1 amide bonds. The minimum Gasteiger partial charge on any atom is -0.481 e. The lowest BCUT2D eigenvalue weighted by Crippen LogP contribution is -2.70. The molecule has 0 aromatic carbocycles. The number of rotatable bonds is 9. The van der Waals surface area contributed by atoms with E-state index in [1.165, 1.54) is 33.1 Å². The number of carbonyl (C=O) groups is 3. The zero-order valence-corrected chi connectivity index (χ0v) is 18.8. The Morgan fingerprint density at radius 1 is 1.41 bits per heavy atom. The van der Waals surface area contributed by atoms with E-state index in [0.717, 1.165) is 0 Å². The van der Waals surface area contributed by atoms with E-state index in [2.05, 4.69) is 26.9 Å². The highest BCUT2D eigenvalue weighted by atomic mass is 32.2. The standard InChI is InChI=1S/C17H17N7O5S3/c18-4-7-3-9(7)13(30)19-11-14(27)24-12(16(28)29)8(5-31-15(11)24)6-32-17-20-21-22-23(17)2-1-10(25)26/h7,9,11,15H,1-3,5-6H2,(H,19,30)(H,25,26)(H,28,29)/t7-,9-,11?,15-/m0/s1. The molecule has 3 aliphatic rings. The molecule has 1 aromatic rings. The van der Waals surface area contributed by atoms with Gasteiger partial charge in [0.2, 0.25) is 5.16 Å². The van der Waals surface area contributed by atoms with Crippen LogP contribution in [0.15, 0.2) is 16.4 Å². The van der Waals surface area contributed by atoms with Crippen molar-refractivity contribution < 1.29 is 24.6 Å². The van der Waals surface area contributed by atoms with Crippen LogP contribution in [-0.2, 0) is 20.9 Å². The zero-order chi connectivity index (χ0) is 23.0. The van der Waals surface area contributed by atoms with Crippen molar-refractivity contribution >= 4 is 58.6 Å². The number of thiocarbonyl (C=S) groups is 1. The summed E-state index contributed by atoms with van der Waals surface area (Å²) in [5, 5.41) is 41.7. The fraction of sp³-hybridized carbons (Fsp3) is 0.529. The van der Waals surface area contributed by atoms with Gasteiger partial charge < -0.3 is 15.5 Å². The van der Waals surface area contributed by atoms with E-state index in [9.17, 15) is 19.5 Å². The maximum absolute atomic E-state index is 12.8. The van der Waals surface area contributed by atoms with Crippen LogP contribution in [0.4, 0.5) is 0 Å². The molecule has 12 nitrogen and oxygen atoms in total. The van der Waals surface area contributed by atoms with Gasteiger partial charge in [0.15, 0.2) is 0 Å². The number of nitrogens with zero attached hydrogens (tertiary/aromatic N) is 6. The number of fused-ring (bicyclic) bond motifs is 1. The highest BCUT2D eigenvalue weighted by molar-refractivity contribution is 8.01. The van der Waals surface area contributed by atoms with Gasteiger partial charge in [-0.15, -0.1) is 16.9 Å². The summed E-state index contributed by atoms with van der Waals surface area (Å²) in [4.78, 5) is 37.2. The smallest absolute Gasteiger partial charge is 0.352 e. The zero-order valence-electron chi connectivity index (χ0n) is 16.4. The predicted molar refractivity (Wildman–Crippen MR) is 115 cm³/mol. The Kier molecular flexibility index (Phi) is 6.35. The second-order valence-corrected chi connectivity index (χ2v) is 9.84. The predicted octanol–water partition coefficient (Wildman–Crippen LogP) is -0.0610. The van der Waals surface area contributed by atoms with Crippen molar-refractivity contribution in [2.45, 2.75) is 36.0 Å². The van der Waals surface area contributed by atoms with Crippen LogP contribution in [0.3, 0.4) is 0 Å². The van der Waals surface area contributed by atoms with Crippen molar-refractivity contribution in [1.29, 1.82) is 5.26 Å². The number of carboxylic acids is 2. The average Bonchev–Trinajstić information content (AvgIpc) is 3.43. The molecule has 0 spiro atoms. The van der Waals surface area contributed by atoms with Crippen molar-refractivity contribution in [1.82, 2.24) is 30.4 Å². The third-order valence-electron chi connectivity index (χ3n) is 5.25. The van der Waals surface area contributed by atoms with E-state index in [0.29, 0.717) is 27.9 Å². The van der Waals surface area contributed by atoms with Gasteiger partial charge in [-0.3, -0.25) is 14.5 Å². The first-order chi connectivity index (χ1) is 15.3. The molecule has 1 saturated heterocycles. The summed E-state index contributed by atoms with van der Waals surface area (Å²) < 4.78 is 1.35. The summed E-state index contributed by atoms with van der Waals surface area (Å²) in [6, 6.07) is 1.55. The molecular weight excluding hydrogens is 478 g/mol. The normalized spacial score (nSPS) is 26.1. The van der Waals surface area contributed by atoms with Crippen LogP contribution in [0.5, 0.6) is 0 Å². The number of hydrogen-bond donors (Lipinski definition) is 3. The number of aryl methyl sites for hydroxylation is 1. The number of amides is 1. The van der Waals surface area contributed by atoms with Gasteiger partial charge in [-0.25, -0.2) is 9.48 Å². The van der Waals surface area contributed by atoms with Gasteiger partial charge in [0.25, 0.3) is 5.91 Å². The summed E-state index contributed by atoms with van der Waals surface area (Å²) in [7, 11) is 0. The van der Waals surface area contributed by atoms with E-state index in [1.54, 1.807) is 0 Å². The van der Waals surface area contributed by atoms with Crippen LogP contribution in [-0.4, -0.2) is 81.1 Å². The Balaban J connectivity index is 1.43. The summed E-state index contributed by atoms with van der Waals surface area (Å²) in [5.41, 5.74) is 0.499. The summed E-state index contributed by atoms with van der Waals surface area (Å²) in [5.74, 6) is -2.08. The molecule has 2 aliphatic heterocycles. The largest absolute Gasteiger partial charge is 0.481 e. The molecule has 0 bridgehead atoms. The fourth-order valence-corrected chi connectivity index (χ4v) is 6.25. The van der Waals surface area contributed by atoms with Gasteiger partial charge in [0, 0.05) is 17.4 Å². The van der Waals surface area contributed by atoms with E-state index in [-0.39, 0.29) is 47.5 Å². The van der Waals surface area contributed by atoms with Gasteiger partial charge in [0.1, 0.15) is 17.1 Å². The van der Waals surface area contributed by atoms with Crippen LogP contribution < -0.4 is 5.32 Å². The van der Waals surface area contributed by atoms with Crippen LogP contribution in [0.2, 0.25) is 0 Å². The first-order valence-corrected chi connectivity index (χ1v) is 12.0. The van der Waals surface area contributed by atoms with Gasteiger partial charge >= 0.3 is 11.9 Å². The molecule has 4 atom stereocenters. The van der Waals surface area contributed by atoms with E-state index in [1.807, 2.05) is 0 Å². The Morgan fingerprint density at radius 3 is 2.84 bits per heavy atom.